The van der Waals surface area contributed by atoms with E-state index in [-0.39, 0.29) is 5.69 Å². The molecular weight excluding hydrogens is 218 g/mol. The molecule has 0 saturated carbocycles. The van der Waals surface area contributed by atoms with E-state index in [1.54, 1.807) is 0 Å². The summed E-state index contributed by atoms with van der Waals surface area (Å²) in [7, 11) is 0. The van der Waals surface area contributed by atoms with Gasteiger partial charge in [-0.15, -0.1) is 0 Å². The van der Waals surface area contributed by atoms with Gasteiger partial charge >= 0.3 is 11.9 Å². The minimum Gasteiger partial charge on any atom is -0.474 e. The number of carbonyl (C=O) groups is 2. The maximum atomic E-state index is 10.6. The van der Waals surface area contributed by atoms with Crippen molar-refractivity contribution in [1.29, 1.82) is 0 Å². The molecule has 3 N–H and O–H groups in total. The molecule has 16 heavy (non-hydrogen) atoms. The number of hydrogen-bond acceptors (Lipinski definition) is 5. The molecule has 1 amide bonds. The standard InChI is InChI=1S/C8H7N3O5/c12-7(8(13)14)10-9-5-1-3-6(4-2-5)11(15)16/h1-4,9H,(H,10,12)(H,13,14). The molecule has 0 spiro atoms. The first-order valence-corrected chi connectivity index (χ1v) is 4.04. The second-order valence-corrected chi connectivity index (χ2v) is 2.69. The molecule has 0 heterocycles. The van der Waals surface area contributed by atoms with E-state index in [4.69, 9.17) is 5.11 Å². The van der Waals surface area contributed by atoms with E-state index >= 15 is 0 Å². The number of carbonyl (C=O) groups excluding carboxylic acids is 1. The van der Waals surface area contributed by atoms with E-state index in [0.29, 0.717) is 5.69 Å². The van der Waals surface area contributed by atoms with Crippen molar-refractivity contribution in [3.63, 3.8) is 0 Å². The van der Waals surface area contributed by atoms with Crippen LogP contribution in [0.3, 0.4) is 0 Å². The number of nitrogens with zero attached hydrogens (tertiary/aromatic N) is 1. The van der Waals surface area contributed by atoms with Crippen molar-refractivity contribution in [3.05, 3.63) is 34.4 Å². The van der Waals surface area contributed by atoms with Gasteiger partial charge in [0, 0.05) is 12.1 Å². The lowest BCUT2D eigenvalue weighted by Gasteiger charge is -2.05. The highest BCUT2D eigenvalue weighted by atomic mass is 16.6. The largest absolute Gasteiger partial charge is 0.474 e. The number of nitro groups is 1. The average Bonchev–Trinajstić information content (AvgIpc) is 2.26. The molecule has 84 valence electrons. The summed E-state index contributed by atoms with van der Waals surface area (Å²) in [5.74, 6) is -2.85. The van der Waals surface area contributed by atoms with Crippen LogP contribution in [-0.4, -0.2) is 21.9 Å². The van der Waals surface area contributed by atoms with Crippen molar-refractivity contribution in [3.8, 4) is 0 Å². The molecule has 1 rings (SSSR count). The summed E-state index contributed by atoms with van der Waals surface area (Å²) >= 11 is 0. The number of nitro benzene ring substituents is 1. The fraction of sp³-hybridized carbons (Fsp3) is 0. The monoisotopic (exact) mass is 225 g/mol. The van der Waals surface area contributed by atoms with Crippen LogP contribution in [-0.2, 0) is 9.59 Å². The first-order valence-electron chi connectivity index (χ1n) is 4.04. The maximum Gasteiger partial charge on any atom is 0.396 e. The van der Waals surface area contributed by atoms with Crippen LogP contribution in [0, 0.1) is 10.1 Å². The van der Waals surface area contributed by atoms with Crippen LogP contribution in [0.1, 0.15) is 0 Å². The summed E-state index contributed by atoms with van der Waals surface area (Å²) in [5.41, 5.74) is 4.41. The molecule has 0 atom stereocenters. The number of benzene rings is 1. The number of hydrazine groups is 1. The van der Waals surface area contributed by atoms with Crippen LogP contribution >= 0.6 is 0 Å². The van der Waals surface area contributed by atoms with Crippen molar-refractivity contribution in [2.24, 2.45) is 0 Å². The number of carboxylic acids is 1. The highest BCUT2D eigenvalue weighted by Crippen LogP contribution is 2.14. The molecule has 1 aromatic rings. The number of hydrogen-bond donors (Lipinski definition) is 3. The lowest BCUT2D eigenvalue weighted by molar-refractivity contribution is -0.384. The van der Waals surface area contributed by atoms with Gasteiger partial charge in [-0.25, -0.2) is 4.79 Å². The average molecular weight is 225 g/mol. The molecule has 1 aromatic carbocycles. The Balaban J connectivity index is 2.59. The molecule has 0 aromatic heterocycles. The van der Waals surface area contributed by atoms with E-state index in [1.807, 2.05) is 5.43 Å². The Morgan fingerprint density at radius 3 is 2.25 bits per heavy atom. The van der Waals surface area contributed by atoms with E-state index in [9.17, 15) is 19.7 Å². The van der Waals surface area contributed by atoms with E-state index in [1.165, 1.54) is 24.3 Å². The van der Waals surface area contributed by atoms with Gasteiger partial charge in [0.05, 0.1) is 10.6 Å². The SMILES string of the molecule is O=C(O)C(=O)NNc1ccc([N+](=O)[O-])cc1. The van der Waals surface area contributed by atoms with Gasteiger partial charge in [-0.3, -0.25) is 25.8 Å². The molecule has 0 unspecified atom stereocenters. The first kappa shape index (κ1) is 11.4. The van der Waals surface area contributed by atoms with Crippen LogP contribution < -0.4 is 10.9 Å². The topological polar surface area (TPSA) is 122 Å². The predicted octanol–water partition coefficient (Wildman–Crippen LogP) is 0.122. The number of anilines is 1. The van der Waals surface area contributed by atoms with Crippen LogP contribution in [0.2, 0.25) is 0 Å². The van der Waals surface area contributed by atoms with Crippen molar-refractivity contribution in [1.82, 2.24) is 5.43 Å². The first-order chi connectivity index (χ1) is 7.50. The highest BCUT2D eigenvalue weighted by Gasteiger charge is 2.10. The van der Waals surface area contributed by atoms with Gasteiger partial charge in [-0.2, -0.15) is 0 Å². The van der Waals surface area contributed by atoms with Crippen molar-refractivity contribution in [2.75, 3.05) is 5.43 Å². The van der Waals surface area contributed by atoms with Gasteiger partial charge in [0.1, 0.15) is 0 Å². The van der Waals surface area contributed by atoms with E-state index in [2.05, 4.69) is 5.43 Å². The zero-order valence-electron chi connectivity index (χ0n) is 7.84. The van der Waals surface area contributed by atoms with Gasteiger partial charge < -0.3 is 5.11 Å². The third-order valence-electron chi connectivity index (χ3n) is 1.59. The lowest BCUT2D eigenvalue weighted by atomic mass is 10.3. The molecule has 0 fully saturated rings. The van der Waals surface area contributed by atoms with Crippen molar-refractivity contribution < 1.29 is 19.6 Å². The summed E-state index contributed by atoms with van der Waals surface area (Å²) < 4.78 is 0. The number of nitrogens with one attached hydrogen (secondary N) is 2. The number of rotatable bonds is 3. The third kappa shape index (κ3) is 2.94. The van der Waals surface area contributed by atoms with Gasteiger partial charge in [-0.05, 0) is 12.1 Å². The van der Waals surface area contributed by atoms with Crippen LogP contribution in [0.5, 0.6) is 0 Å². The summed E-state index contributed by atoms with van der Waals surface area (Å²) in [6.45, 7) is 0. The molecule has 0 aliphatic heterocycles. The Labute approximate surface area is 89.0 Å². The smallest absolute Gasteiger partial charge is 0.396 e. The van der Waals surface area contributed by atoms with Gasteiger partial charge in [0.25, 0.3) is 5.69 Å². The summed E-state index contributed by atoms with van der Waals surface area (Å²) in [6.07, 6.45) is 0. The molecule has 0 bridgehead atoms. The Hall–Kier alpha value is -2.64. The zero-order valence-corrected chi connectivity index (χ0v) is 7.84. The van der Waals surface area contributed by atoms with Gasteiger partial charge in [0.2, 0.25) is 0 Å². The fourth-order valence-corrected chi connectivity index (χ4v) is 0.849. The van der Waals surface area contributed by atoms with Crippen LogP contribution in [0.15, 0.2) is 24.3 Å². The second-order valence-electron chi connectivity index (χ2n) is 2.69. The number of amides is 1. The quantitative estimate of drug-likeness (QED) is 0.381. The van der Waals surface area contributed by atoms with Crippen molar-refractivity contribution >= 4 is 23.3 Å². The summed E-state index contributed by atoms with van der Waals surface area (Å²) in [5, 5.41) is 18.5. The maximum absolute atomic E-state index is 10.6. The minimum absolute atomic E-state index is 0.102. The number of carboxylic acid groups (broad SMARTS) is 1. The van der Waals surface area contributed by atoms with E-state index in [0.717, 1.165) is 0 Å². The Bertz CT molecular complexity index is 428. The molecule has 0 aliphatic carbocycles. The fourth-order valence-electron chi connectivity index (χ4n) is 0.849. The minimum atomic E-state index is -1.63. The molecule has 0 aliphatic rings. The number of non-ortho nitro benzene ring substituents is 1. The predicted molar refractivity (Wildman–Crippen MR) is 52.5 cm³/mol. The van der Waals surface area contributed by atoms with E-state index < -0.39 is 16.8 Å². The Morgan fingerprint density at radius 2 is 1.81 bits per heavy atom. The molecule has 0 saturated heterocycles. The number of aliphatic carboxylic acids is 1. The Kier molecular flexibility index (Phi) is 3.38. The highest BCUT2D eigenvalue weighted by molar-refractivity contribution is 6.31. The molecule has 8 heteroatoms. The lowest BCUT2D eigenvalue weighted by Crippen LogP contribution is -2.35. The van der Waals surface area contributed by atoms with Gasteiger partial charge in [-0.1, -0.05) is 0 Å². The third-order valence-corrected chi connectivity index (χ3v) is 1.59. The summed E-state index contributed by atoms with van der Waals surface area (Å²) in [6, 6.07) is 5.10. The Morgan fingerprint density at radius 1 is 1.25 bits per heavy atom. The molecular formula is C8H7N3O5. The molecule has 8 nitrogen and oxygen atoms in total. The van der Waals surface area contributed by atoms with Crippen LogP contribution in [0.4, 0.5) is 11.4 Å². The normalized spacial score (nSPS) is 9.25. The second kappa shape index (κ2) is 4.73. The van der Waals surface area contributed by atoms with Gasteiger partial charge in [0.15, 0.2) is 0 Å². The van der Waals surface area contributed by atoms with Crippen molar-refractivity contribution in [2.45, 2.75) is 0 Å². The van der Waals surface area contributed by atoms with Crippen LogP contribution in [0.25, 0.3) is 0 Å². The zero-order chi connectivity index (χ0) is 12.1. The summed E-state index contributed by atoms with van der Waals surface area (Å²) in [4.78, 5) is 30.5. The molecule has 0 radical (unpaired) electrons.